The number of methoxy groups -OCH3 is 2. The van der Waals surface area contributed by atoms with Gasteiger partial charge in [0.1, 0.15) is 17.3 Å². The predicted octanol–water partition coefficient (Wildman–Crippen LogP) is 4.58. The molecular formula is C25H23FN2O4. The highest BCUT2D eigenvalue weighted by Crippen LogP contribution is 2.42. The van der Waals surface area contributed by atoms with Gasteiger partial charge in [-0.05, 0) is 66.2 Å². The lowest BCUT2D eigenvalue weighted by Gasteiger charge is -2.28. The van der Waals surface area contributed by atoms with Crippen LogP contribution in [0, 0.1) is 11.7 Å². The van der Waals surface area contributed by atoms with Crippen LogP contribution in [-0.2, 0) is 9.59 Å². The molecular weight excluding hydrogens is 411 g/mol. The minimum atomic E-state index is -0.636. The number of carbonyl (C=O) groups excluding carboxylic acids is 2. The third kappa shape index (κ3) is 4.27. The molecule has 4 rings (SSSR count). The Balaban J connectivity index is 1.69. The van der Waals surface area contributed by atoms with Crippen molar-refractivity contribution < 1.29 is 23.5 Å². The number of benzene rings is 3. The van der Waals surface area contributed by atoms with E-state index in [0.717, 1.165) is 5.56 Å². The molecule has 3 aromatic rings. The molecule has 1 aliphatic rings. The van der Waals surface area contributed by atoms with Gasteiger partial charge in [-0.15, -0.1) is 0 Å². The number of hydrogen-bond acceptors (Lipinski definition) is 4. The fourth-order valence-corrected chi connectivity index (χ4v) is 3.97. The van der Waals surface area contributed by atoms with Gasteiger partial charge in [0.05, 0.1) is 26.2 Å². The number of carbonyl (C=O) groups is 2. The molecule has 6 nitrogen and oxygen atoms in total. The highest BCUT2D eigenvalue weighted by molar-refractivity contribution is 6.04. The summed E-state index contributed by atoms with van der Waals surface area (Å²) in [5.41, 5.74) is 1.96. The lowest BCUT2D eigenvalue weighted by molar-refractivity contribution is -0.122. The molecule has 0 bridgehead atoms. The quantitative estimate of drug-likeness (QED) is 0.617. The smallest absolute Gasteiger partial charge is 0.230 e. The molecule has 0 spiro atoms. The van der Waals surface area contributed by atoms with Crippen molar-refractivity contribution >= 4 is 23.2 Å². The van der Waals surface area contributed by atoms with Crippen molar-refractivity contribution in [3.63, 3.8) is 0 Å². The van der Waals surface area contributed by atoms with Crippen molar-refractivity contribution in [2.45, 2.75) is 12.5 Å². The molecule has 1 saturated heterocycles. The zero-order valence-corrected chi connectivity index (χ0v) is 17.7. The molecule has 7 heteroatoms. The molecule has 0 saturated carbocycles. The number of rotatable bonds is 6. The van der Waals surface area contributed by atoms with Crippen LogP contribution in [0.25, 0.3) is 0 Å². The van der Waals surface area contributed by atoms with Crippen molar-refractivity contribution in [1.29, 1.82) is 0 Å². The first-order valence-electron chi connectivity index (χ1n) is 10.2. The number of nitrogens with one attached hydrogen (secondary N) is 1. The van der Waals surface area contributed by atoms with Crippen LogP contribution in [-0.4, -0.2) is 26.0 Å². The number of ether oxygens (including phenoxy) is 2. The molecule has 0 aromatic heterocycles. The van der Waals surface area contributed by atoms with Gasteiger partial charge in [0.25, 0.3) is 0 Å². The second-order valence-electron chi connectivity index (χ2n) is 7.49. The first-order valence-corrected chi connectivity index (χ1v) is 10.2. The van der Waals surface area contributed by atoms with Crippen molar-refractivity contribution in [3.8, 4) is 11.5 Å². The average molecular weight is 434 g/mol. The summed E-state index contributed by atoms with van der Waals surface area (Å²) in [6.45, 7) is 0. The van der Waals surface area contributed by atoms with Crippen LogP contribution >= 0.6 is 0 Å². The monoisotopic (exact) mass is 434 g/mol. The average Bonchev–Trinajstić information content (AvgIpc) is 3.17. The maximum atomic E-state index is 13.2. The maximum absolute atomic E-state index is 13.2. The van der Waals surface area contributed by atoms with E-state index in [4.69, 9.17) is 9.47 Å². The Morgan fingerprint density at radius 2 is 1.47 bits per heavy atom. The molecule has 1 fully saturated rings. The molecule has 1 heterocycles. The maximum Gasteiger partial charge on any atom is 0.230 e. The van der Waals surface area contributed by atoms with Gasteiger partial charge in [0, 0.05) is 17.8 Å². The summed E-state index contributed by atoms with van der Waals surface area (Å²) in [6, 6.07) is 19.5. The third-order valence-electron chi connectivity index (χ3n) is 5.58. The largest absolute Gasteiger partial charge is 0.497 e. The zero-order valence-electron chi connectivity index (χ0n) is 17.7. The second kappa shape index (κ2) is 9.09. The van der Waals surface area contributed by atoms with E-state index in [9.17, 15) is 14.0 Å². The summed E-state index contributed by atoms with van der Waals surface area (Å²) < 4.78 is 23.7. The molecule has 3 aromatic carbocycles. The number of nitrogens with zero attached hydrogens (tertiary/aromatic N) is 1. The molecule has 1 N–H and O–H groups in total. The summed E-state index contributed by atoms with van der Waals surface area (Å²) in [5, 5.41) is 2.82. The Kier molecular flexibility index (Phi) is 6.07. The van der Waals surface area contributed by atoms with Gasteiger partial charge in [-0.2, -0.15) is 0 Å². The van der Waals surface area contributed by atoms with Gasteiger partial charge in [-0.1, -0.05) is 12.1 Å². The van der Waals surface area contributed by atoms with Crippen molar-refractivity contribution in [2.75, 3.05) is 24.4 Å². The summed E-state index contributed by atoms with van der Waals surface area (Å²) in [5.74, 6) is -0.130. The molecule has 0 unspecified atom stereocenters. The molecule has 2 atom stereocenters. The van der Waals surface area contributed by atoms with Crippen LogP contribution in [0.1, 0.15) is 18.0 Å². The van der Waals surface area contributed by atoms with E-state index in [1.54, 1.807) is 55.5 Å². The van der Waals surface area contributed by atoms with Crippen LogP contribution < -0.4 is 19.7 Å². The molecule has 164 valence electrons. The fourth-order valence-electron chi connectivity index (χ4n) is 3.97. The molecule has 32 heavy (non-hydrogen) atoms. The van der Waals surface area contributed by atoms with E-state index in [-0.39, 0.29) is 24.1 Å². The molecule has 0 aliphatic carbocycles. The van der Waals surface area contributed by atoms with E-state index in [0.29, 0.717) is 22.9 Å². The fraction of sp³-hybridized carbons (Fsp3) is 0.200. The van der Waals surface area contributed by atoms with Gasteiger partial charge in [0.15, 0.2) is 0 Å². The number of hydrogen-bond donors (Lipinski definition) is 1. The van der Waals surface area contributed by atoms with E-state index < -0.39 is 12.0 Å². The van der Waals surface area contributed by atoms with Crippen molar-refractivity contribution in [3.05, 3.63) is 84.2 Å². The second-order valence-corrected chi connectivity index (χ2v) is 7.49. The van der Waals surface area contributed by atoms with Crippen LogP contribution in [0.4, 0.5) is 15.8 Å². The Morgan fingerprint density at radius 3 is 2.03 bits per heavy atom. The van der Waals surface area contributed by atoms with Crippen molar-refractivity contribution in [1.82, 2.24) is 0 Å². The molecule has 0 radical (unpaired) electrons. The Morgan fingerprint density at radius 1 is 0.906 bits per heavy atom. The Labute approximate surface area is 185 Å². The van der Waals surface area contributed by atoms with Gasteiger partial charge < -0.3 is 19.7 Å². The van der Waals surface area contributed by atoms with Gasteiger partial charge in [0.2, 0.25) is 11.8 Å². The summed E-state index contributed by atoms with van der Waals surface area (Å²) in [4.78, 5) is 27.9. The zero-order chi connectivity index (χ0) is 22.7. The van der Waals surface area contributed by atoms with E-state index in [1.807, 2.05) is 12.1 Å². The van der Waals surface area contributed by atoms with E-state index >= 15 is 0 Å². The van der Waals surface area contributed by atoms with E-state index in [1.165, 1.54) is 24.3 Å². The highest BCUT2D eigenvalue weighted by Gasteiger charge is 2.45. The first-order chi connectivity index (χ1) is 15.5. The minimum absolute atomic E-state index is 0.0513. The number of anilines is 2. The summed E-state index contributed by atoms with van der Waals surface area (Å²) in [6.07, 6.45) is 0.0513. The van der Waals surface area contributed by atoms with Gasteiger partial charge >= 0.3 is 0 Å². The number of amides is 2. The first kappa shape index (κ1) is 21.4. The van der Waals surface area contributed by atoms with E-state index in [2.05, 4.69) is 5.32 Å². The van der Waals surface area contributed by atoms with Crippen LogP contribution in [0.15, 0.2) is 72.8 Å². The molecule has 1 aliphatic heterocycles. The van der Waals surface area contributed by atoms with Gasteiger partial charge in [-0.25, -0.2) is 4.39 Å². The predicted molar refractivity (Wildman–Crippen MR) is 119 cm³/mol. The summed E-state index contributed by atoms with van der Waals surface area (Å²) >= 11 is 0. The standard InChI is InChI=1S/C25H23FN2O4/c1-31-20-11-3-16(4-12-20)24-22(25(30)27-18-7-5-17(26)6-8-18)15-23(29)28(24)19-9-13-21(32-2)14-10-19/h3-14,22,24H,15H2,1-2H3,(H,27,30)/t22-,24+/m1/s1. The SMILES string of the molecule is COc1ccc([C@H]2[C@H](C(=O)Nc3ccc(F)cc3)CC(=O)N2c2ccc(OC)cc2)cc1. The van der Waals surface area contributed by atoms with Crippen LogP contribution in [0.2, 0.25) is 0 Å². The lowest BCUT2D eigenvalue weighted by Crippen LogP contribution is -2.32. The topological polar surface area (TPSA) is 67.9 Å². The van der Waals surface area contributed by atoms with Gasteiger partial charge in [-0.3, -0.25) is 9.59 Å². The van der Waals surface area contributed by atoms with Crippen molar-refractivity contribution in [2.24, 2.45) is 5.92 Å². The third-order valence-corrected chi connectivity index (χ3v) is 5.58. The van der Waals surface area contributed by atoms with Crippen LogP contribution in [0.5, 0.6) is 11.5 Å². The Bertz CT molecular complexity index is 1100. The Hall–Kier alpha value is -3.87. The minimum Gasteiger partial charge on any atom is -0.497 e. The van der Waals surface area contributed by atoms with Crippen LogP contribution in [0.3, 0.4) is 0 Å². The highest BCUT2D eigenvalue weighted by atomic mass is 19.1. The molecule has 2 amide bonds. The normalized spacial score (nSPS) is 17.8. The summed E-state index contributed by atoms with van der Waals surface area (Å²) in [7, 11) is 3.16. The number of halogens is 1. The lowest BCUT2D eigenvalue weighted by atomic mass is 9.92.